The minimum atomic E-state index is -0.851. The van der Waals surface area contributed by atoms with Crippen LogP contribution >= 0.6 is 11.8 Å². The van der Waals surface area contributed by atoms with Gasteiger partial charge in [0.1, 0.15) is 5.82 Å². The lowest BCUT2D eigenvalue weighted by Crippen LogP contribution is -2.07. The molecule has 0 unspecified atom stereocenters. The van der Waals surface area contributed by atoms with Crippen LogP contribution in [0.2, 0.25) is 0 Å². The zero-order valence-electron chi connectivity index (χ0n) is 10.2. The van der Waals surface area contributed by atoms with Gasteiger partial charge in [-0.3, -0.25) is 4.79 Å². The lowest BCUT2D eigenvalue weighted by atomic mass is 10.3. The summed E-state index contributed by atoms with van der Waals surface area (Å²) in [7, 11) is 0. The number of thioether (sulfide) groups is 1. The van der Waals surface area contributed by atoms with E-state index in [9.17, 15) is 4.79 Å². The molecule has 7 heteroatoms. The smallest absolute Gasteiger partial charge is 0.313 e. The molecule has 2 aromatic rings. The van der Waals surface area contributed by atoms with Crippen LogP contribution in [-0.2, 0) is 11.3 Å². The SMILES string of the molecule is O=C(O)CSc1nnc(C2CC2)n1Cc1ccoc1. The molecule has 3 rings (SSSR count). The highest BCUT2D eigenvalue weighted by molar-refractivity contribution is 7.99. The van der Waals surface area contributed by atoms with Crippen LogP contribution in [0.15, 0.2) is 28.2 Å². The maximum Gasteiger partial charge on any atom is 0.313 e. The van der Waals surface area contributed by atoms with Gasteiger partial charge in [0.2, 0.25) is 0 Å². The van der Waals surface area contributed by atoms with Gasteiger partial charge in [0.05, 0.1) is 24.8 Å². The van der Waals surface area contributed by atoms with Crippen LogP contribution in [0.3, 0.4) is 0 Å². The highest BCUT2D eigenvalue weighted by Crippen LogP contribution is 2.40. The largest absolute Gasteiger partial charge is 0.481 e. The maximum atomic E-state index is 10.7. The van der Waals surface area contributed by atoms with Crippen LogP contribution in [0.1, 0.15) is 30.1 Å². The molecule has 0 atom stereocenters. The van der Waals surface area contributed by atoms with Crippen LogP contribution in [0.4, 0.5) is 0 Å². The Kier molecular flexibility index (Phi) is 3.29. The fourth-order valence-corrected chi connectivity index (χ4v) is 2.56. The van der Waals surface area contributed by atoms with Crippen LogP contribution in [0, 0.1) is 0 Å². The first-order valence-electron chi connectivity index (χ1n) is 6.03. The second kappa shape index (κ2) is 5.08. The van der Waals surface area contributed by atoms with Gasteiger partial charge in [0, 0.05) is 11.5 Å². The van der Waals surface area contributed by atoms with Crippen LogP contribution in [0.25, 0.3) is 0 Å². The molecule has 6 nitrogen and oxygen atoms in total. The standard InChI is InChI=1S/C12H13N3O3S/c16-10(17)7-19-12-14-13-11(9-1-2-9)15(12)5-8-3-4-18-6-8/h3-4,6,9H,1-2,5,7H2,(H,16,17). The van der Waals surface area contributed by atoms with Gasteiger partial charge >= 0.3 is 5.97 Å². The highest BCUT2D eigenvalue weighted by atomic mass is 32.2. The summed E-state index contributed by atoms with van der Waals surface area (Å²) in [5, 5.41) is 17.7. The van der Waals surface area contributed by atoms with E-state index < -0.39 is 5.97 Å². The summed E-state index contributed by atoms with van der Waals surface area (Å²) in [4.78, 5) is 10.7. The fraction of sp³-hybridized carbons (Fsp3) is 0.417. The van der Waals surface area contributed by atoms with Gasteiger partial charge < -0.3 is 14.1 Å². The predicted molar refractivity (Wildman–Crippen MR) is 68.2 cm³/mol. The van der Waals surface area contributed by atoms with Gasteiger partial charge in [-0.2, -0.15) is 0 Å². The zero-order valence-corrected chi connectivity index (χ0v) is 11.0. The Hall–Kier alpha value is -1.76. The first kappa shape index (κ1) is 12.3. The number of furan rings is 1. The van der Waals surface area contributed by atoms with Crippen molar-refractivity contribution in [2.24, 2.45) is 0 Å². The van der Waals surface area contributed by atoms with Gasteiger partial charge in [-0.15, -0.1) is 10.2 Å². The van der Waals surface area contributed by atoms with Crippen molar-refractivity contribution >= 4 is 17.7 Å². The summed E-state index contributed by atoms with van der Waals surface area (Å²) in [5.74, 6) is 0.567. The molecular formula is C12H13N3O3S. The molecular weight excluding hydrogens is 266 g/mol. The zero-order chi connectivity index (χ0) is 13.2. The second-order valence-electron chi connectivity index (χ2n) is 4.52. The Morgan fingerprint density at radius 1 is 1.53 bits per heavy atom. The van der Waals surface area contributed by atoms with Crippen LogP contribution < -0.4 is 0 Å². The summed E-state index contributed by atoms with van der Waals surface area (Å²) in [5.41, 5.74) is 1.03. The third-order valence-electron chi connectivity index (χ3n) is 2.93. The van der Waals surface area contributed by atoms with E-state index >= 15 is 0 Å². The fourth-order valence-electron chi connectivity index (χ4n) is 1.89. The van der Waals surface area contributed by atoms with Crippen molar-refractivity contribution in [1.82, 2.24) is 14.8 Å². The van der Waals surface area contributed by atoms with Crippen molar-refractivity contribution in [3.8, 4) is 0 Å². The van der Waals surface area contributed by atoms with E-state index in [4.69, 9.17) is 9.52 Å². The number of carboxylic acid groups (broad SMARTS) is 1. The first-order chi connectivity index (χ1) is 9.24. The van der Waals surface area contributed by atoms with Gasteiger partial charge in [-0.1, -0.05) is 11.8 Å². The predicted octanol–water partition coefficient (Wildman–Crippen LogP) is 1.97. The van der Waals surface area contributed by atoms with Crippen molar-refractivity contribution in [3.63, 3.8) is 0 Å². The Labute approximate surface area is 113 Å². The topological polar surface area (TPSA) is 81.1 Å². The third kappa shape index (κ3) is 2.81. The Bertz CT molecular complexity index is 575. The highest BCUT2D eigenvalue weighted by Gasteiger charge is 2.30. The Morgan fingerprint density at radius 3 is 3.00 bits per heavy atom. The van der Waals surface area contributed by atoms with Crippen molar-refractivity contribution in [3.05, 3.63) is 30.0 Å². The molecule has 1 saturated carbocycles. The molecule has 1 aliphatic carbocycles. The third-order valence-corrected chi connectivity index (χ3v) is 3.89. The summed E-state index contributed by atoms with van der Waals surface area (Å²) in [6, 6.07) is 1.89. The van der Waals surface area contributed by atoms with Crippen molar-refractivity contribution < 1.29 is 14.3 Å². The monoisotopic (exact) mass is 279 g/mol. The molecule has 19 heavy (non-hydrogen) atoms. The summed E-state index contributed by atoms with van der Waals surface area (Å²) < 4.78 is 7.06. The lowest BCUT2D eigenvalue weighted by molar-refractivity contribution is -0.133. The number of aliphatic carboxylic acids is 1. The molecule has 1 aliphatic rings. The minimum Gasteiger partial charge on any atom is -0.481 e. The number of rotatable bonds is 6. The quantitative estimate of drug-likeness (QED) is 0.814. The number of carboxylic acids is 1. The molecule has 0 amide bonds. The molecule has 0 spiro atoms. The Balaban J connectivity index is 1.84. The number of hydrogen-bond donors (Lipinski definition) is 1. The van der Waals surface area contributed by atoms with E-state index in [1.54, 1.807) is 12.5 Å². The molecule has 0 aliphatic heterocycles. The molecule has 0 aromatic carbocycles. The average Bonchev–Trinajstić information content (AvgIpc) is 2.95. The summed E-state index contributed by atoms with van der Waals surface area (Å²) in [6.07, 6.45) is 5.57. The number of aromatic nitrogens is 3. The van der Waals surface area contributed by atoms with Crippen LogP contribution in [0.5, 0.6) is 0 Å². The number of hydrogen-bond acceptors (Lipinski definition) is 5. The van der Waals surface area contributed by atoms with E-state index in [1.165, 1.54) is 11.8 Å². The normalized spacial score (nSPS) is 14.7. The Morgan fingerprint density at radius 2 is 2.37 bits per heavy atom. The van der Waals surface area contributed by atoms with E-state index in [1.807, 2.05) is 10.6 Å². The molecule has 100 valence electrons. The number of nitrogens with zero attached hydrogens (tertiary/aromatic N) is 3. The second-order valence-corrected chi connectivity index (χ2v) is 5.46. The van der Waals surface area contributed by atoms with E-state index in [0.29, 0.717) is 17.6 Å². The van der Waals surface area contributed by atoms with Crippen molar-refractivity contribution in [1.29, 1.82) is 0 Å². The van der Waals surface area contributed by atoms with Gasteiger partial charge in [0.25, 0.3) is 0 Å². The number of carbonyl (C=O) groups is 1. The minimum absolute atomic E-state index is 0.00577. The van der Waals surface area contributed by atoms with E-state index in [2.05, 4.69) is 10.2 Å². The van der Waals surface area contributed by atoms with Gasteiger partial charge in [-0.25, -0.2) is 0 Å². The lowest BCUT2D eigenvalue weighted by Gasteiger charge is -2.07. The van der Waals surface area contributed by atoms with E-state index in [0.717, 1.165) is 24.2 Å². The molecule has 1 fully saturated rings. The maximum absolute atomic E-state index is 10.7. The van der Waals surface area contributed by atoms with Crippen molar-refractivity contribution in [2.45, 2.75) is 30.5 Å². The van der Waals surface area contributed by atoms with Gasteiger partial charge in [0.15, 0.2) is 5.16 Å². The summed E-state index contributed by atoms with van der Waals surface area (Å²) in [6.45, 7) is 0.622. The van der Waals surface area contributed by atoms with Crippen LogP contribution in [-0.4, -0.2) is 31.6 Å². The van der Waals surface area contributed by atoms with Crippen molar-refractivity contribution in [2.75, 3.05) is 5.75 Å². The summed E-state index contributed by atoms with van der Waals surface area (Å²) >= 11 is 1.20. The molecule has 0 bridgehead atoms. The first-order valence-corrected chi connectivity index (χ1v) is 7.01. The van der Waals surface area contributed by atoms with E-state index in [-0.39, 0.29) is 5.75 Å². The average molecular weight is 279 g/mol. The molecule has 0 saturated heterocycles. The molecule has 2 heterocycles. The molecule has 1 N–H and O–H groups in total. The van der Waals surface area contributed by atoms with Gasteiger partial charge in [-0.05, 0) is 18.9 Å². The molecule has 2 aromatic heterocycles. The molecule has 0 radical (unpaired) electrons.